The van der Waals surface area contributed by atoms with Crippen LogP contribution >= 0.6 is 11.8 Å². The molecule has 0 N–H and O–H groups in total. The van der Waals surface area contributed by atoms with E-state index in [-0.39, 0.29) is 11.3 Å². The van der Waals surface area contributed by atoms with Gasteiger partial charge in [0.15, 0.2) is 0 Å². The first-order valence-corrected chi connectivity index (χ1v) is 9.57. The molecule has 1 atom stereocenters. The summed E-state index contributed by atoms with van der Waals surface area (Å²) in [5.74, 6) is 1.57. The molecule has 1 aliphatic heterocycles. The number of carbonyl (C=O) groups excluding carboxylic acids is 1. The highest BCUT2D eigenvalue weighted by Crippen LogP contribution is 2.40. The van der Waals surface area contributed by atoms with Crippen LogP contribution < -0.4 is 4.74 Å². The van der Waals surface area contributed by atoms with Crippen molar-refractivity contribution in [3.05, 3.63) is 84.2 Å². The van der Waals surface area contributed by atoms with Crippen molar-refractivity contribution in [2.75, 3.05) is 12.9 Å². The summed E-state index contributed by atoms with van der Waals surface area (Å²) < 4.78 is 7.30. The lowest BCUT2D eigenvalue weighted by molar-refractivity contribution is -0.128. The van der Waals surface area contributed by atoms with E-state index in [0.717, 1.165) is 22.6 Å². The fraction of sp³-hybridized carbons (Fsp3) is 0.190. The summed E-state index contributed by atoms with van der Waals surface area (Å²) in [6, 6.07) is 20.2. The Morgan fingerprint density at radius 2 is 1.85 bits per heavy atom. The number of ether oxygens (including phenoxy) is 1. The molecular formula is C21H20N2O2S. The number of thioether (sulfide) groups is 1. The predicted molar refractivity (Wildman–Crippen MR) is 105 cm³/mol. The van der Waals surface area contributed by atoms with Crippen LogP contribution in [0.4, 0.5) is 0 Å². The maximum atomic E-state index is 12.4. The van der Waals surface area contributed by atoms with Crippen molar-refractivity contribution in [3.63, 3.8) is 0 Å². The molecule has 0 saturated carbocycles. The summed E-state index contributed by atoms with van der Waals surface area (Å²) in [5.41, 5.74) is 3.37. The smallest absolute Gasteiger partial charge is 0.234 e. The molecule has 1 fully saturated rings. The van der Waals surface area contributed by atoms with E-state index >= 15 is 0 Å². The summed E-state index contributed by atoms with van der Waals surface area (Å²) in [5, 5.41) is 0.0576. The van der Waals surface area contributed by atoms with E-state index in [2.05, 4.69) is 29.0 Å². The third-order valence-corrected chi connectivity index (χ3v) is 5.79. The normalized spacial score (nSPS) is 16.9. The van der Waals surface area contributed by atoms with Crippen LogP contribution in [0.2, 0.25) is 0 Å². The Hall–Kier alpha value is -2.66. The van der Waals surface area contributed by atoms with Crippen LogP contribution in [0.5, 0.6) is 5.75 Å². The number of hydrogen-bond donors (Lipinski definition) is 0. The second-order valence-electron chi connectivity index (χ2n) is 6.22. The molecule has 0 bridgehead atoms. The van der Waals surface area contributed by atoms with Gasteiger partial charge in [0.2, 0.25) is 5.91 Å². The van der Waals surface area contributed by atoms with Gasteiger partial charge >= 0.3 is 0 Å². The third-order valence-electron chi connectivity index (χ3n) is 4.54. The van der Waals surface area contributed by atoms with Crippen molar-refractivity contribution >= 4 is 17.7 Å². The number of nitrogens with zero attached hydrogens (tertiary/aromatic N) is 2. The summed E-state index contributed by atoms with van der Waals surface area (Å²) in [4.78, 5) is 14.4. The molecule has 2 aromatic carbocycles. The van der Waals surface area contributed by atoms with Crippen molar-refractivity contribution in [2.24, 2.45) is 0 Å². The van der Waals surface area contributed by atoms with E-state index in [9.17, 15) is 4.79 Å². The van der Waals surface area contributed by atoms with E-state index < -0.39 is 0 Å². The molecule has 5 heteroatoms. The molecule has 1 amide bonds. The SMILES string of the molecule is COc1ccc(-n2ccc([C@@H]3SCC(=O)N3Cc3ccccc3)c2)cc1. The highest BCUT2D eigenvalue weighted by molar-refractivity contribution is 8.00. The van der Waals surface area contributed by atoms with Gasteiger partial charge in [-0.15, -0.1) is 11.8 Å². The number of carbonyl (C=O) groups is 1. The van der Waals surface area contributed by atoms with Crippen LogP contribution in [0.3, 0.4) is 0 Å². The minimum atomic E-state index is 0.0576. The third kappa shape index (κ3) is 3.35. The molecule has 1 aromatic heterocycles. The van der Waals surface area contributed by atoms with Crippen molar-refractivity contribution < 1.29 is 9.53 Å². The van der Waals surface area contributed by atoms with Gasteiger partial charge in [-0.1, -0.05) is 30.3 Å². The monoisotopic (exact) mass is 364 g/mol. The Kier molecular flexibility index (Phi) is 4.71. The van der Waals surface area contributed by atoms with E-state index in [4.69, 9.17) is 4.74 Å². The highest BCUT2D eigenvalue weighted by atomic mass is 32.2. The van der Waals surface area contributed by atoms with E-state index in [1.807, 2.05) is 53.6 Å². The van der Waals surface area contributed by atoms with Gasteiger partial charge in [-0.25, -0.2) is 0 Å². The van der Waals surface area contributed by atoms with Crippen LogP contribution in [0.1, 0.15) is 16.5 Å². The Labute approximate surface area is 157 Å². The lowest BCUT2D eigenvalue weighted by Crippen LogP contribution is -2.27. The molecule has 132 valence electrons. The Bertz CT molecular complexity index is 890. The molecule has 4 rings (SSSR count). The quantitative estimate of drug-likeness (QED) is 0.678. The number of hydrogen-bond acceptors (Lipinski definition) is 3. The van der Waals surface area contributed by atoms with Gasteiger partial charge in [0, 0.05) is 30.2 Å². The summed E-state index contributed by atoms with van der Waals surface area (Å²) in [6.07, 6.45) is 4.15. The molecule has 1 saturated heterocycles. The number of aromatic nitrogens is 1. The average molecular weight is 364 g/mol. The molecule has 4 nitrogen and oxygen atoms in total. The van der Waals surface area contributed by atoms with E-state index in [0.29, 0.717) is 12.3 Å². The van der Waals surface area contributed by atoms with Gasteiger partial charge in [-0.05, 0) is 35.9 Å². The minimum absolute atomic E-state index is 0.0576. The summed E-state index contributed by atoms with van der Waals surface area (Å²) in [7, 11) is 1.67. The average Bonchev–Trinajstić information content (AvgIpc) is 3.30. The van der Waals surface area contributed by atoms with Gasteiger partial charge < -0.3 is 14.2 Å². The van der Waals surface area contributed by atoms with Crippen LogP contribution in [0.15, 0.2) is 73.1 Å². The second kappa shape index (κ2) is 7.30. The largest absolute Gasteiger partial charge is 0.497 e. The van der Waals surface area contributed by atoms with Crippen molar-refractivity contribution in [3.8, 4) is 11.4 Å². The van der Waals surface area contributed by atoms with Gasteiger partial charge in [0.25, 0.3) is 0 Å². The zero-order valence-electron chi connectivity index (χ0n) is 14.5. The van der Waals surface area contributed by atoms with Gasteiger partial charge in [0.1, 0.15) is 11.1 Å². The van der Waals surface area contributed by atoms with Crippen LogP contribution in [0.25, 0.3) is 5.69 Å². The van der Waals surface area contributed by atoms with Crippen LogP contribution in [-0.2, 0) is 11.3 Å². The molecule has 0 unspecified atom stereocenters. The standard InChI is InChI=1S/C21H20N2O2S/c1-25-19-9-7-18(8-10-19)22-12-11-17(14-22)21-23(20(24)15-26-21)13-16-5-3-2-4-6-16/h2-12,14,21H,13,15H2,1H3/t21-/m0/s1. The molecule has 0 aliphatic carbocycles. The maximum Gasteiger partial charge on any atom is 0.234 e. The Morgan fingerprint density at radius 1 is 1.08 bits per heavy atom. The lowest BCUT2D eigenvalue weighted by Gasteiger charge is -2.23. The van der Waals surface area contributed by atoms with Crippen molar-refractivity contribution in [2.45, 2.75) is 11.9 Å². The van der Waals surface area contributed by atoms with Gasteiger partial charge in [-0.2, -0.15) is 0 Å². The first-order valence-electron chi connectivity index (χ1n) is 8.52. The molecule has 0 radical (unpaired) electrons. The van der Waals surface area contributed by atoms with Crippen LogP contribution in [0, 0.1) is 0 Å². The van der Waals surface area contributed by atoms with Gasteiger partial charge in [0.05, 0.1) is 12.9 Å². The maximum absolute atomic E-state index is 12.4. The number of methoxy groups -OCH3 is 1. The lowest BCUT2D eigenvalue weighted by atomic mass is 10.2. The van der Waals surface area contributed by atoms with Crippen LogP contribution in [-0.4, -0.2) is 28.2 Å². The zero-order valence-corrected chi connectivity index (χ0v) is 15.4. The number of amides is 1. The molecule has 3 aromatic rings. The first-order chi connectivity index (χ1) is 12.7. The van der Waals surface area contributed by atoms with Gasteiger partial charge in [-0.3, -0.25) is 4.79 Å². The predicted octanol–water partition coefficient (Wildman–Crippen LogP) is 4.26. The fourth-order valence-corrected chi connectivity index (χ4v) is 4.33. The molecule has 2 heterocycles. The topological polar surface area (TPSA) is 34.5 Å². The number of benzene rings is 2. The van der Waals surface area contributed by atoms with Crippen molar-refractivity contribution in [1.29, 1.82) is 0 Å². The molecular weight excluding hydrogens is 344 g/mol. The van der Waals surface area contributed by atoms with E-state index in [1.165, 1.54) is 0 Å². The Morgan fingerprint density at radius 3 is 2.58 bits per heavy atom. The summed E-state index contributed by atoms with van der Waals surface area (Å²) in [6.45, 7) is 0.644. The minimum Gasteiger partial charge on any atom is -0.497 e. The summed E-state index contributed by atoms with van der Waals surface area (Å²) >= 11 is 1.69. The fourth-order valence-electron chi connectivity index (χ4n) is 3.16. The Balaban J connectivity index is 1.56. The number of rotatable bonds is 5. The first kappa shape index (κ1) is 16.8. The van der Waals surface area contributed by atoms with E-state index in [1.54, 1.807) is 18.9 Å². The molecule has 0 spiro atoms. The van der Waals surface area contributed by atoms with Crippen molar-refractivity contribution in [1.82, 2.24) is 9.47 Å². The molecule has 1 aliphatic rings. The second-order valence-corrected chi connectivity index (χ2v) is 7.29. The zero-order chi connectivity index (χ0) is 17.9. The highest BCUT2D eigenvalue weighted by Gasteiger charge is 2.33. The molecule has 26 heavy (non-hydrogen) atoms.